The minimum Gasteiger partial charge on any atom is -0.466 e. The maximum absolute atomic E-state index is 11.7. The van der Waals surface area contributed by atoms with Crippen molar-refractivity contribution in [3.05, 3.63) is 54.7 Å². The summed E-state index contributed by atoms with van der Waals surface area (Å²) in [4.78, 5) is 38.6. The molecular weight excluding hydrogens is 402 g/mol. The van der Waals surface area contributed by atoms with Crippen LogP contribution in [0.25, 0.3) is 11.3 Å². The highest BCUT2D eigenvalue weighted by atomic mass is 16.6. The van der Waals surface area contributed by atoms with Crippen LogP contribution in [0.4, 0.5) is 0 Å². The molecule has 8 heteroatoms. The molecule has 2 rings (SSSR count). The molecule has 1 aromatic carbocycles. The molecule has 1 N–H and O–H groups in total. The van der Waals surface area contributed by atoms with E-state index in [2.05, 4.69) is 31.3 Å². The molecule has 0 saturated carbocycles. The standard InChI is InChI=1S/C12H20O7.C11H9N/c1-4-17-9(13)7-12(16,11(15)19-6-3)8-10(14)18-5-2;1-2-6-10(7-3-1)11-8-4-5-9-12-11/h16H,4-8H2,1-3H3;1-9H. The van der Waals surface area contributed by atoms with Crippen molar-refractivity contribution >= 4 is 17.9 Å². The topological polar surface area (TPSA) is 112 Å². The summed E-state index contributed by atoms with van der Waals surface area (Å²) in [7, 11) is 0. The Morgan fingerprint density at radius 1 is 0.806 bits per heavy atom. The summed E-state index contributed by atoms with van der Waals surface area (Å²) in [6.45, 7) is 4.97. The molecule has 0 saturated heterocycles. The van der Waals surface area contributed by atoms with Crippen LogP contribution in [0, 0.1) is 0 Å². The van der Waals surface area contributed by atoms with Crippen molar-refractivity contribution < 1.29 is 33.7 Å². The second-order valence-electron chi connectivity index (χ2n) is 6.30. The number of nitrogens with zero attached hydrogens (tertiary/aromatic N) is 1. The van der Waals surface area contributed by atoms with E-state index in [1.807, 2.05) is 42.6 Å². The monoisotopic (exact) mass is 431 g/mol. The molecule has 168 valence electrons. The molecule has 0 radical (unpaired) electrons. The van der Waals surface area contributed by atoms with Gasteiger partial charge in [-0.05, 0) is 32.9 Å². The molecule has 0 aliphatic carbocycles. The normalized spacial score (nSPS) is 10.3. The number of hydrogen-bond acceptors (Lipinski definition) is 8. The number of carbonyl (C=O) groups is 3. The van der Waals surface area contributed by atoms with Crippen LogP contribution in [0.2, 0.25) is 0 Å². The molecule has 0 fully saturated rings. The lowest BCUT2D eigenvalue weighted by molar-refractivity contribution is -0.177. The molecule has 0 aliphatic rings. The van der Waals surface area contributed by atoms with Gasteiger partial charge in [0.05, 0.1) is 38.4 Å². The first-order valence-corrected chi connectivity index (χ1v) is 10.0. The summed E-state index contributed by atoms with van der Waals surface area (Å²) in [6.07, 6.45) is 0.499. The Morgan fingerprint density at radius 2 is 1.32 bits per heavy atom. The van der Waals surface area contributed by atoms with Crippen LogP contribution in [-0.4, -0.2) is 53.4 Å². The number of benzene rings is 1. The van der Waals surface area contributed by atoms with Crippen molar-refractivity contribution in [2.24, 2.45) is 0 Å². The zero-order valence-corrected chi connectivity index (χ0v) is 18.1. The molecular formula is C23H29NO7. The van der Waals surface area contributed by atoms with Crippen molar-refractivity contribution in [3.8, 4) is 11.3 Å². The van der Waals surface area contributed by atoms with Crippen molar-refractivity contribution in [2.75, 3.05) is 19.8 Å². The van der Waals surface area contributed by atoms with Crippen LogP contribution in [-0.2, 0) is 28.6 Å². The SMILES string of the molecule is CCOC(=O)CC(O)(CC(=O)OCC)C(=O)OCC.c1ccc(-c2ccccn2)cc1. The Balaban J connectivity index is 0.000000339. The van der Waals surface area contributed by atoms with Gasteiger partial charge in [-0.3, -0.25) is 14.6 Å². The summed E-state index contributed by atoms with van der Waals surface area (Å²) in [5.41, 5.74) is -0.0645. The quantitative estimate of drug-likeness (QED) is 0.476. The Kier molecular flexibility index (Phi) is 11.5. The predicted octanol–water partition coefficient (Wildman–Crippen LogP) is 2.94. The second-order valence-corrected chi connectivity index (χ2v) is 6.30. The van der Waals surface area contributed by atoms with E-state index in [9.17, 15) is 19.5 Å². The van der Waals surface area contributed by atoms with E-state index in [0.717, 1.165) is 11.3 Å². The number of pyridine rings is 1. The van der Waals surface area contributed by atoms with E-state index in [0.29, 0.717) is 0 Å². The predicted molar refractivity (Wildman–Crippen MR) is 114 cm³/mol. The number of aromatic nitrogens is 1. The Bertz CT molecular complexity index is 752. The van der Waals surface area contributed by atoms with Gasteiger partial charge in [-0.1, -0.05) is 36.4 Å². The van der Waals surface area contributed by atoms with Crippen LogP contribution >= 0.6 is 0 Å². The van der Waals surface area contributed by atoms with Gasteiger partial charge in [0.15, 0.2) is 5.60 Å². The first-order chi connectivity index (χ1) is 14.9. The van der Waals surface area contributed by atoms with E-state index in [1.165, 1.54) is 0 Å². The minimum atomic E-state index is -2.26. The number of ether oxygens (including phenoxy) is 3. The van der Waals surface area contributed by atoms with Crippen LogP contribution in [0.5, 0.6) is 0 Å². The molecule has 0 aliphatic heterocycles. The van der Waals surface area contributed by atoms with Gasteiger partial charge in [0.25, 0.3) is 0 Å². The van der Waals surface area contributed by atoms with Crippen molar-refractivity contribution in [2.45, 2.75) is 39.2 Å². The van der Waals surface area contributed by atoms with Crippen LogP contribution in [0.3, 0.4) is 0 Å². The molecule has 0 amide bonds. The van der Waals surface area contributed by atoms with Gasteiger partial charge in [-0.15, -0.1) is 0 Å². The first kappa shape index (κ1) is 25.8. The molecule has 2 aromatic rings. The summed E-state index contributed by atoms with van der Waals surface area (Å²) < 4.78 is 14.0. The third-order valence-corrected chi connectivity index (χ3v) is 3.87. The third-order valence-electron chi connectivity index (χ3n) is 3.87. The fraction of sp³-hybridized carbons (Fsp3) is 0.391. The Labute approximate surface area is 182 Å². The number of aliphatic hydroxyl groups is 1. The van der Waals surface area contributed by atoms with Crippen molar-refractivity contribution in [3.63, 3.8) is 0 Å². The van der Waals surface area contributed by atoms with Gasteiger partial charge in [-0.25, -0.2) is 4.79 Å². The lowest BCUT2D eigenvalue weighted by Gasteiger charge is -2.23. The number of rotatable bonds is 9. The molecule has 0 bridgehead atoms. The fourth-order valence-corrected chi connectivity index (χ4v) is 2.52. The number of esters is 3. The Morgan fingerprint density at radius 3 is 1.77 bits per heavy atom. The highest BCUT2D eigenvalue weighted by molar-refractivity contribution is 5.90. The molecule has 1 heterocycles. The van der Waals surface area contributed by atoms with Crippen LogP contribution in [0.1, 0.15) is 33.6 Å². The summed E-state index contributed by atoms with van der Waals surface area (Å²) in [6, 6.07) is 16.1. The van der Waals surface area contributed by atoms with E-state index in [1.54, 1.807) is 20.8 Å². The summed E-state index contributed by atoms with van der Waals surface area (Å²) in [5, 5.41) is 10.1. The zero-order valence-electron chi connectivity index (χ0n) is 18.1. The maximum Gasteiger partial charge on any atom is 0.339 e. The van der Waals surface area contributed by atoms with E-state index < -0.39 is 36.4 Å². The fourth-order valence-electron chi connectivity index (χ4n) is 2.52. The van der Waals surface area contributed by atoms with E-state index in [4.69, 9.17) is 0 Å². The molecule has 8 nitrogen and oxygen atoms in total. The summed E-state index contributed by atoms with van der Waals surface area (Å²) >= 11 is 0. The third kappa shape index (κ3) is 9.39. The highest BCUT2D eigenvalue weighted by Crippen LogP contribution is 2.20. The van der Waals surface area contributed by atoms with Crippen molar-refractivity contribution in [1.29, 1.82) is 0 Å². The average Bonchev–Trinajstić information content (AvgIpc) is 2.76. The van der Waals surface area contributed by atoms with Gasteiger partial charge in [-0.2, -0.15) is 0 Å². The Hall–Kier alpha value is -3.26. The second kappa shape index (κ2) is 13.9. The first-order valence-electron chi connectivity index (χ1n) is 10.0. The largest absolute Gasteiger partial charge is 0.466 e. The molecule has 1 aromatic heterocycles. The van der Waals surface area contributed by atoms with Crippen molar-refractivity contribution in [1.82, 2.24) is 4.98 Å². The summed E-state index contributed by atoms with van der Waals surface area (Å²) in [5.74, 6) is -2.62. The van der Waals surface area contributed by atoms with Crippen LogP contribution < -0.4 is 0 Å². The van der Waals surface area contributed by atoms with E-state index >= 15 is 0 Å². The molecule has 31 heavy (non-hydrogen) atoms. The van der Waals surface area contributed by atoms with Gasteiger partial charge in [0.2, 0.25) is 0 Å². The van der Waals surface area contributed by atoms with E-state index in [-0.39, 0.29) is 19.8 Å². The molecule has 0 spiro atoms. The minimum absolute atomic E-state index is 0.0206. The zero-order chi connectivity index (χ0) is 23.1. The lowest BCUT2D eigenvalue weighted by atomic mass is 9.95. The van der Waals surface area contributed by atoms with Gasteiger partial charge >= 0.3 is 17.9 Å². The van der Waals surface area contributed by atoms with Gasteiger partial charge in [0, 0.05) is 11.8 Å². The number of hydrogen-bond donors (Lipinski definition) is 1. The smallest absolute Gasteiger partial charge is 0.339 e. The van der Waals surface area contributed by atoms with Gasteiger partial charge < -0.3 is 19.3 Å². The number of carbonyl (C=O) groups excluding carboxylic acids is 3. The maximum atomic E-state index is 11.7. The van der Waals surface area contributed by atoms with Crippen LogP contribution in [0.15, 0.2) is 54.7 Å². The van der Waals surface area contributed by atoms with Gasteiger partial charge in [0.1, 0.15) is 0 Å². The molecule has 0 atom stereocenters. The lowest BCUT2D eigenvalue weighted by Crippen LogP contribution is -2.44. The highest BCUT2D eigenvalue weighted by Gasteiger charge is 2.43. The average molecular weight is 431 g/mol. The molecule has 0 unspecified atom stereocenters.